The second-order valence-electron chi connectivity index (χ2n) is 13.5. The van der Waals surface area contributed by atoms with Crippen LogP contribution < -0.4 is 4.90 Å². The Bertz CT molecular complexity index is 3160. The van der Waals surface area contributed by atoms with Gasteiger partial charge in [-0.25, -0.2) is 4.98 Å². The summed E-state index contributed by atoms with van der Waals surface area (Å²) in [5.74, 6) is 0.591. The molecular formula is C49H30N2O2S. The van der Waals surface area contributed by atoms with Crippen molar-refractivity contribution in [3.63, 3.8) is 0 Å². The first kappa shape index (κ1) is 30.7. The van der Waals surface area contributed by atoms with Crippen LogP contribution in [0.5, 0.6) is 0 Å². The zero-order valence-corrected chi connectivity index (χ0v) is 29.8. The van der Waals surface area contributed by atoms with Crippen LogP contribution >= 0.6 is 11.3 Å². The predicted molar refractivity (Wildman–Crippen MR) is 225 cm³/mol. The van der Waals surface area contributed by atoms with Gasteiger partial charge >= 0.3 is 0 Å². The number of thiophene rings is 1. The molecule has 8 aromatic carbocycles. The number of rotatable bonds is 6. The van der Waals surface area contributed by atoms with Crippen molar-refractivity contribution in [2.75, 3.05) is 4.90 Å². The van der Waals surface area contributed by atoms with Gasteiger partial charge in [-0.3, -0.25) is 0 Å². The van der Waals surface area contributed by atoms with E-state index in [-0.39, 0.29) is 0 Å². The maximum atomic E-state index is 6.44. The molecule has 54 heavy (non-hydrogen) atoms. The zero-order chi connectivity index (χ0) is 35.6. The number of hydrogen-bond donors (Lipinski definition) is 0. The van der Waals surface area contributed by atoms with E-state index in [9.17, 15) is 0 Å². The van der Waals surface area contributed by atoms with Gasteiger partial charge in [0.2, 0.25) is 5.89 Å². The minimum absolute atomic E-state index is 0.591. The van der Waals surface area contributed by atoms with Crippen molar-refractivity contribution in [3.05, 3.63) is 182 Å². The first-order valence-corrected chi connectivity index (χ1v) is 18.8. The van der Waals surface area contributed by atoms with Crippen LogP contribution in [0.1, 0.15) is 0 Å². The second kappa shape index (κ2) is 12.3. The van der Waals surface area contributed by atoms with Gasteiger partial charge in [0.15, 0.2) is 5.58 Å². The highest BCUT2D eigenvalue weighted by atomic mass is 32.1. The van der Waals surface area contributed by atoms with E-state index >= 15 is 0 Å². The van der Waals surface area contributed by atoms with Crippen LogP contribution in [0.3, 0.4) is 0 Å². The lowest BCUT2D eigenvalue weighted by atomic mass is 10.00. The maximum Gasteiger partial charge on any atom is 0.227 e. The third kappa shape index (κ3) is 4.94. The fourth-order valence-corrected chi connectivity index (χ4v) is 9.05. The number of aromatic nitrogens is 1. The van der Waals surface area contributed by atoms with Crippen molar-refractivity contribution in [2.24, 2.45) is 0 Å². The number of hydrogen-bond acceptors (Lipinski definition) is 5. The molecular weight excluding hydrogens is 681 g/mol. The maximum absolute atomic E-state index is 6.44. The SMILES string of the molecule is c1ccc(-c2nc3c(ccc4oc5ccc(N(c6ccc(-c7cccc8c7sc7ccccc78)cc6)c6ccccc6-c6ccccc6)cc5c43)o2)cc1. The van der Waals surface area contributed by atoms with Gasteiger partial charge in [-0.15, -0.1) is 11.3 Å². The van der Waals surface area contributed by atoms with Gasteiger partial charge in [0, 0.05) is 48.1 Å². The molecule has 11 aromatic rings. The normalized spacial score (nSPS) is 11.7. The molecule has 0 radical (unpaired) electrons. The monoisotopic (exact) mass is 710 g/mol. The molecule has 0 spiro atoms. The summed E-state index contributed by atoms with van der Waals surface area (Å²) in [5, 5.41) is 4.53. The molecule has 3 heterocycles. The standard InChI is InChI=1S/C49H30N2O2S/c1-3-12-31(13-4-1)36-16-7-9-20-41(36)51(34-24-22-32(23-25-34)37-18-11-19-39-38-17-8-10-21-45(38)54-48(37)39)35-26-27-42-40(30-35)46-43(52-42)28-29-44-47(46)50-49(53-44)33-14-5-2-6-15-33/h1-30H. The van der Waals surface area contributed by atoms with Crippen LogP contribution in [0.4, 0.5) is 17.1 Å². The Hall–Kier alpha value is -6.95. The van der Waals surface area contributed by atoms with Gasteiger partial charge in [-0.2, -0.15) is 0 Å². The number of fused-ring (bicyclic) bond motifs is 8. The van der Waals surface area contributed by atoms with Crippen LogP contribution in [-0.4, -0.2) is 4.98 Å². The quantitative estimate of drug-likeness (QED) is 0.172. The summed E-state index contributed by atoms with van der Waals surface area (Å²) in [4.78, 5) is 7.36. The summed E-state index contributed by atoms with van der Waals surface area (Å²) in [6.07, 6.45) is 0. The summed E-state index contributed by atoms with van der Waals surface area (Å²) in [5.41, 5.74) is 11.9. The first-order valence-electron chi connectivity index (χ1n) is 18.0. The molecule has 0 fully saturated rings. The number of para-hydroxylation sites is 1. The van der Waals surface area contributed by atoms with Crippen molar-refractivity contribution >= 4 is 81.6 Å². The van der Waals surface area contributed by atoms with Crippen LogP contribution in [0, 0.1) is 0 Å². The molecule has 0 aliphatic carbocycles. The summed E-state index contributed by atoms with van der Waals surface area (Å²) < 4.78 is 15.3. The van der Waals surface area contributed by atoms with Gasteiger partial charge in [-0.1, -0.05) is 115 Å². The molecule has 0 amide bonds. The average molecular weight is 711 g/mol. The smallest absolute Gasteiger partial charge is 0.227 e. The van der Waals surface area contributed by atoms with E-state index in [1.165, 1.54) is 31.3 Å². The van der Waals surface area contributed by atoms with E-state index < -0.39 is 0 Å². The number of oxazole rings is 1. The summed E-state index contributed by atoms with van der Waals surface area (Å²) in [7, 11) is 0. The molecule has 254 valence electrons. The minimum atomic E-state index is 0.591. The van der Waals surface area contributed by atoms with Crippen molar-refractivity contribution in [2.45, 2.75) is 0 Å². The molecule has 0 N–H and O–H groups in total. The topological polar surface area (TPSA) is 42.4 Å². The molecule has 0 saturated carbocycles. The fraction of sp³-hybridized carbons (Fsp3) is 0. The Morgan fingerprint density at radius 3 is 1.94 bits per heavy atom. The predicted octanol–water partition coefficient (Wildman–Crippen LogP) is 14.6. The van der Waals surface area contributed by atoms with Crippen LogP contribution in [0.15, 0.2) is 191 Å². The van der Waals surface area contributed by atoms with Crippen LogP contribution in [0.25, 0.3) is 86.9 Å². The van der Waals surface area contributed by atoms with E-state index in [1.54, 1.807) is 0 Å². The minimum Gasteiger partial charge on any atom is -0.456 e. The van der Waals surface area contributed by atoms with Crippen molar-refractivity contribution in [1.29, 1.82) is 0 Å². The lowest BCUT2D eigenvalue weighted by Gasteiger charge is -2.28. The third-order valence-corrected chi connectivity index (χ3v) is 11.5. The van der Waals surface area contributed by atoms with E-state index in [2.05, 4.69) is 144 Å². The van der Waals surface area contributed by atoms with Crippen molar-refractivity contribution in [1.82, 2.24) is 4.98 Å². The lowest BCUT2D eigenvalue weighted by Crippen LogP contribution is -2.11. The highest BCUT2D eigenvalue weighted by Crippen LogP contribution is 2.45. The first-order chi connectivity index (χ1) is 26.8. The molecule has 5 heteroatoms. The molecule has 0 unspecified atom stereocenters. The van der Waals surface area contributed by atoms with Gasteiger partial charge in [0.1, 0.15) is 16.7 Å². The molecule has 0 aliphatic rings. The molecule has 11 rings (SSSR count). The van der Waals surface area contributed by atoms with E-state index in [1.807, 2.05) is 53.8 Å². The van der Waals surface area contributed by atoms with Gasteiger partial charge in [-0.05, 0) is 83.4 Å². The van der Waals surface area contributed by atoms with E-state index in [0.717, 1.165) is 66.8 Å². The molecule has 0 atom stereocenters. The number of benzene rings is 8. The molecule has 0 bridgehead atoms. The van der Waals surface area contributed by atoms with Gasteiger partial charge < -0.3 is 13.7 Å². The third-order valence-electron chi connectivity index (χ3n) is 10.3. The van der Waals surface area contributed by atoms with Gasteiger partial charge in [0.25, 0.3) is 0 Å². The average Bonchev–Trinajstić information content (AvgIpc) is 3.95. The highest BCUT2D eigenvalue weighted by Gasteiger charge is 2.21. The van der Waals surface area contributed by atoms with Gasteiger partial charge in [0.05, 0.1) is 11.1 Å². The Labute approximate surface area is 314 Å². The van der Waals surface area contributed by atoms with Crippen molar-refractivity contribution < 1.29 is 8.83 Å². The summed E-state index contributed by atoms with van der Waals surface area (Å²) >= 11 is 1.86. The molecule has 0 saturated heterocycles. The highest BCUT2D eigenvalue weighted by molar-refractivity contribution is 7.26. The number of furan rings is 1. The Kier molecular flexibility index (Phi) is 7.00. The molecule has 3 aromatic heterocycles. The Morgan fingerprint density at radius 1 is 0.444 bits per heavy atom. The fourth-order valence-electron chi connectivity index (χ4n) is 7.81. The molecule has 4 nitrogen and oxygen atoms in total. The Balaban J connectivity index is 1.10. The second-order valence-corrected chi connectivity index (χ2v) is 14.6. The van der Waals surface area contributed by atoms with Crippen molar-refractivity contribution in [3.8, 4) is 33.7 Å². The lowest BCUT2D eigenvalue weighted by molar-refractivity contribution is 0.619. The van der Waals surface area contributed by atoms with E-state index in [4.69, 9.17) is 13.8 Å². The summed E-state index contributed by atoms with van der Waals surface area (Å²) in [6, 6.07) is 63.9. The summed E-state index contributed by atoms with van der Waals surface area (Å²) in [6.45, 7) is 0. The van der Waals surface area contributed by atoms with Crippen LogP contribution in [-0.2, 0) is 0 Å². The largest absolute Gasteiger partial charge is 0.456 e. The Morgan fingerprint density at radius 2 is 1.09 bits per heavy atom. The van der Waals surface area contributed by atoms with E-state index in [0.29, 0.717) is 5.89 Å². The number of anilines is 3. The van der Waals surface area contributed by atoms with Crippen LogP contribution in [0.2, 0.25) is 0 Å². The number of nitrogens with zero attached hydrogens (tertiary/aromatic N) is 2. The molecule has 0 aliphatic heterocycles. The zero-order valence-electron chi connectivity index (χ0n) is 28.9.